The molecule has 1 heterocycles. The molecule has 5 nitrogen and oxygen atoms in total. The lowest BCUT2D eigenvalue weighted by Gasteiger charge is -2.30. The van der Waals surface area contributed by atoms with Crippen molar-refractivity contribution in [2.24, 2.45) is 5.92 Å². The van der Waals surface area contributed by atoms with Crippen molar-refractivity contribution >= 4 is 16.8 Å². The maximum absolute atomic E-state index is 14.8. The first-order valence-electron chi connectivity index (χ1n) is 11.6. The highest BCUT2D eigenvalue weighted by atomic mass is 19.1. The van der Waals surface area contributed by atoms with E-state index in [1.165, 1.54) is 36.3 Å². The minimum Gasteiger partial charge on any atom is -0.333 e. The van der Waals surface area contributed by atoms with E-state index in [1.54, 1.807) is 41.3 Å². The Morgan fingerprint density at radius 1 is 1.16 bits per heavy atom. The molecular weight excluding hydrogens is 405 g/mol. The van der Waals surface area contributed by atoms with E-state index in [2.05, 4.69) is 0 Å². The van der Waals surface area contributed by atoms with Gasteiger partial charge in [0.25, 0.3) is 5.56 Å². The minimum absolute atomic E-state index is 0.0504. The van der Waals surface area contributed by atoms with E-state index < -0.39 is 11.9 Å². The number of nitrogens with zero attached hydrogens (tertiary/aromatic N) is 3. The lowest BCUT2D eigenvalue weighted by molar-refractivity contribution is -0.133. The van der Waals surface area contributed by atoms with Gasteiger partial charge in [-0.3, -0.25) is 14.2 Å². The first-order valence-corrected chi connectivity index (χ1v) is 11.6. The first-order chi connectivity index (χ1) is 15.5. The number of hydrogen-bond donors (Lipinski definition) is 0. The van der Waals surface area contributed by atoms with Gasteiger partial charge < -0.3 is 4.90 Å². The van der Waals surface area contributed by atoms with Crippen LogP contribution in [0.4, 0.5) is 4.39 Å². The van der Waals surface area contributed by atoms with Crippen LogP contribution in [-0.2, 0) is 4.79 Å². The number of halogens is 1. The van der Waals surface area contributed by atoms with Gasteiger partial charge in [0.2, 0.25) is 5.91 Å². The number of amides is 1. The molecular formula is C26H30FN3O2. The predicted molar refractivity (Wildman–Crippen MR) is 124 cm³/mol. The number of rotatable bonds is 7. The Morgan fingerprint density at radius 2 is 1.84 bits per heavy atom. The lowest BCUT2D eigenvalue weighted by Crippen LogP contribution is -2.37. The van der Waals surface area contributed by atoms with Crippen LogP contribution in [0.15, 0.2) is 53.3 Å². The molecule has 3 aromatic rings. The van der Waals surface area contributed by atoms with Crippen molar-refractivity contribution in [1.29, 1.82) is 0 Å². The molecule has 0 saturated heterocycles. The molecule has 2 aromatic carbocycles. The fourth-order valence-corrected chi connectivity index (χ4v) is 4.87. The van der Waals surface area contributed by atoms with Gasteiger partial charge in [0.15, 0.2) is 0 Å². The van der Waals surface area contributed by atoms with E-state index in [1.807, 2.05) is 19.9 Å². The van der Waals surface area contributed by atoms with Crippen LogP contribution >= 0.6 is 0 Å². The molecule has 1 atom stereocenters. The molecule has 1 aliphatic carbocycles. The number of hydrogen-bond acceptors (Lipinski definition) is 3. The third kappa shape index (κ3) is 4.31. The van der Waals surface area contributed by atoms with Crippen molar-refractivity contribution in [3.05, 3.63) is 70.5 Å². The highest BCUT2D eigenvalue weighted by Crippen LogP contribution is 2.30. The van der Waals surface area contributed by atoms with E-state index in [0.29, 0.717) is 35.6 Å². The summed E-state index contributed by atoms with van der Waals surface area (Å²) in [6.45, 7) is 4.28. The summed E-state index contributed by atoms with van der Waals surface area (Å²) in [6.07, 6.45) is 6.29. The maximum atomic E-state index is 14.8. The quantitative estimate of drug-likeness (QED) is 0.499. The summed E-state index contributed by atoms with van der Waals surface area (Å²) in [5, 5.41) is 0.419. The largest absolute Gasteiger partial charge is 0.333 e. The fraction of sp³-hybridized carbons (Fsp3) is 0.423. The molecule has 1 fully saturated rings. The summed E-state index contributed by atoms with van der Waals surface area (Å²) >= 11 is 0. The molecule has 4 rings (SSSR count). The van der Waals surface area contributed by atoms with Crippen LogP contribution in [0.1, 0.15) is 64.2 Å². The van der Waals surface area contributed by atoms with Gasteiger partial charge in [-0.25, -0.2) is 9.37 Å². The van der Waals surface area contributed by atoms with Gasteiger partial charge in [-0.05, 0) is 50.5 Å². The van der Waals surface area contributed by atoms with Crippen molar-refractivity contribution in [3.63, 3.8) is 0 Å². The molecule has 1 saturated carbocycles. The van der Waals surface area contributed by atoms with Gasteiger partial charge in [0.1, 0.15) is 11.6 Å². The molecule has 0 bridgehead atoms. The van der Waals surface area contributed by atoms with Crippen LogP contribution in [0.5, 0.6) is 0 Å². The lowest BCUT2D eigenvalue weighted by atomic mass is 10.0. The van der Waals surface area contributed by atoms with Crippen molar-refractivity contribution in [3.8, 4) is 5.69 Å². The molecule has 32 heavy (non-hydrogen) atoms. The van der Waals surface area contributed by atoms with Gasteiger partial charge >= 0.3 is 0 Å². The molecule has 6 heteroatoms. The fourth-order valence-electron chi connectivity index (χ4n) is 4.87. The number of benzene rings is 2. The maximum Gasteiger partial charge on any atom is 0.266 e. The predicted octanol–water partition coefficient (Wildman–Crippen LogP) is 5.40. The highest BCUT2D eigenvalue weighted by Gasteiger charge is 2.27. The number of fused-ring (bicyclic) bond motifs is 1. The average molecular weight is 436 g/mol. The Balaban J connectivity index is 1.76. The Kier molecular flexibility index (Phi) is 6.68. The Hall–Kier alpha value is -3.02. The third-order valence-corrected chi connectivity index (χ3v) is 6.64. The first kappa shape index (κ1) is 22.2. The number of carbonyl (C=O) groups is 1. The average Bonchev–Trinajstić information content (AvgIpc) is 3.32. The van der Waals surface area contributed by atoms with Crippen LogP contribution in [-0.4, -0.2) is 26.9 Å². The van der Waals surface area contributed by atoms with E-state index in [9.17, 15) is 14.0 Å². The summed E-state index contributed by atoms with van der Waals surface area (Å²) < 4.78 is 16.1. The summed E-state index contributed by atoms with van der Waals surface area (Å²) in [7, 11) is 0. The summed E-state index contributed by atoms with van der Waals surface area (Å²) in [4.78, 5) is 33.1. The van der Waals surface area contributed by atoms with Crippen molar-refractivity contribution in [2.45, 2.75) is 58.4 Å². The van der Waals surface area contributed by atoms with Gasteiger partial charge in [-0.15, -0.1) is 0 Å². The second kappa shape index (κ2) is 9.63. The van der Waals surface area contributed by atoms with Crippen LogP contribution < -0.4 is 5.56 Å². The molecule has 1 amide bonds. The standard InChI is InChI=1S/C26H30FN3O2/c1-3-29(24(31)17-16-19-10-4-5-11-19)18(2)25-28-22-14-8-6-12-20(22)26(32)30(25)23-15-9-7-13-21(23)27/h6-9,12-15,18-19H,3-5,10-11,16-17H2,1-2H3. The van der Waals surface area contributed by atoms with E-state index in [4.69, 9.17) is 4.98 Å². The topological polar surface area (TPSA) is 55.2 Å². The monoisotopic (exact) mass is 435 g/mol. The van der Waals surface area contributed by atoms with Crippen molar-refractivity contribution < 1.29 is 9.18 Å². The van der Waals surface area contributed by atoms with Crippen LogP contribution in [0.2, 0.25) is 0 Å². The van der Waals surface area contributed by atoms with Crippen molar-refractivity contribution in [1.82, 2.24) is 14.5 Å². The Labute approximate surface area is 187 Å². The minimum atomic E-state index is -0.504. The number of carbonyl (C=O) groups excluding carboxylic acids is 1. The number of aromatic nitrogens is 2. The van der Waals surface area contributed by atoms with Gasteiger partial charge in [0.05, 0.1) is 22.6 Å². The van der Waals surface area contributed by atoms with Gasteiger partial charge in [-0.2, -0.15) is 0 Å². The Morgan fingerprint density at radius 3 is 2.56 bits per heavy atom. The van der Waals surface area contributed by atoms with Gasteiger partial charge in [0, 0.05) is 13.0 Å². The van der Waals surface area contributed by atoms with Gasteiger partial charge in [-0.1, -0.05) is 49.9 Å². The molecule has 0 N–H and O–H groups in total. The molecule has 168 valence electrons. The number of para-hydroxylation sites is 2. The molecule has 1 unspecified atom stereocenters. The molecule has 0 radical (unpaired) electrons. The van der Waals surface area contributed by atoms with E-state index in [0.717, 1.165) is 6.42 Å². The summed E-state index contributed by atoms with van der Waals surface area (Å²) in [5.41, 5.74) is 0.352. The van der Waals surface area contributed by atoms with Crippen LogP contribution in [0, 0.1) is 11.7 Å². The molecule has 0 aliphatic heterocycles. The van der Waals surface area contributed by atoms with Crippen molar-refractivity contribution in [2.75, 3.05) is 6.54 Å². The van der Waals surface area contributed by atoms with Crippen LogP contribution in [0.3, 0.4) is 0 Å². The molecule has 0 spiro atoms. The third-order valence-electron chi connectivity index (χ3n) is 6.64. The van der Waals surface area contributed by atoms with Crippen LogP contribution in [0.25, 0.3) is 16.6 Å². The van der Waals surface area contributed by atoms with E-state index >= 15 is 0 Å². The normalized spacial score (nSPS) is 15.2. The summed E-state index contributed by atoms with van der Waals surface area (Å²) in [6, 6.07) is 12.8. The second-order valence-electron chi connectivity index (χ2n) is 8.62. The second-order valence-corrected chi connectivity index (χ2v) is 8.62. The SMILES string of the molecule is CCN(C(=O)CCC1CCCC1)C(C)c1nc2ccccc2c(=O)n1-c1ccccc1F. The summed E-state index contributed by atoms with van der Waals surface area (Å²) in [5.74, 6) is 0.545. The molecule has 1 aromatic heterocycles. The highest BCUT2D eigenvalue weighted by molar-refractivity contribution is 5.79. The smallest absolute Gasteiger partial charge is 0.266 e. The van der Waals surface area contributed by atoms with E-state index in [-0.39, 0.29) is 17.2 Å². The molecule has 1 aliphatic rings. The zero-order valence-corrected chi connectivity index (χ0v) is 18.8. The Bertz CT molecular complexity index is 1170. The zero-order valence-electron chi connectivity index (χ0n) is 18.8. The zero-order chi connectivity index (χ0) is 22.7.